The van der Waals surface area contributed by atoms with Gasteiger partial charge in [0.25, 0.3) is 0 Å². The van der Waals surface area contributed by atoms with Crippen molar-refractivity contribution in [2.75, 3.05) is 0 Å². The smallest absolute Gasteiger partial charge is 0.361 e. The Kier molecular flexibility index (Phi) is 2.66. The zero-order chi connectivity index (χ0) is 11.1. The molecule has 15 heavy (non-hydrogen) atoms. The van der Waals surface area contributed by atoms with E-state index in [-0.39, 0.29) is 18.7 Å². The molecule has 1 atom stereocenters. The molecule has 2 rings (SSSR count). The van der Waals surface area contributed by atoms with Crippen LogP contribution in [0, 0.1) is 5.92 Å². The van der Waals surface area contributed by atoms with Crippen molar-refractivity contribution in [3.8, 4) is 0 Å². The summed E-state index contributed by atoms with van der Waals surface area (Å²) in [6.07, 6.45) is -3.82. The average molecular weight is 240 g/mol. The first kappa shape index (κ1) is 10.8. The van der Waals surface area contributed by atoms with Crippen LogP contribution >= 0.6 is 11.6 Å². The van der Waals surface area contributed by atoms with E-state index >= 15 is 0 Å². The van der Waals surface area contributed by atoms with Gasteiger partial charge in [-0.2, -0.15) is 13.2 Å². The minimum Gasteiger partial charge on any atom is -0.361 e. The monoisotopic (exact) mass is 239 g/mol. The lowest BCUT2D eigenvalue weighted by atomic mass is 9.86. The lowest BCUT2D eigenvalue weighted by Crippen LogP contribution is -2.28. The third-order valence-corrected chi connectivity index (χ3v) is 2.96. The molecule has 0 fully saturated rings. The Bertz CT molecular complexity index is 347. The predicted molar refractivity (Wildman–Crippen MR) is 47.6 cm³/mol. The second kappa shape index (κ2) is 3.70. The number of hydrogen-bond acceptors (Lipinski definition) is 2. The molecule has 0 N–H and O–H groups in total. The maximum absolute atomic E-state index is 12.5. The SMILES string of the molecule is FC(F)(F)C1CCc2onc(CCl)c2C1. The van der Waals surface area contributed by atoms with Crippen LogP contribution in [-0.4, -0.2) is 11.3 Å². The van der Waals surface area contributed by atoms with Gasteiger partial charge in [0.1, 0.15) is 11.5 Å². The molecule has 0 bridgehead atoms. The summed E-state index contributed by atoms with van der Waals surface area (Å²) in [6.45, 7) is 0. The quantitative estimate of drug-likeness (QED) is 0.704. The van der Waals surface area contributed by atoms with Crippen molar-refractivity contribution in [1.29, 1.82) is 0 Å². The Balaban J connectivity index is 2.25. The van der Waals surface area contributed by atoms with Gasteiger partial charge in [-0.25, -0.2) is 0 Å². The molecule has 1 aromatic heterocycles. The maximum atomic E-state index is 12.5. The van der Waals surface area contributed by atoms with Crippen molar-refractivity contribution in [2.24, 2.45) is 5.92 Å². The van der Waals surface area contributed by atoms with Gasteiger partial charge in [0.2, 0.25) is 0 Å². The van der Waals surface area contributed by atoms with Gasteiger partial charge in [0, 0.05) is 12.0 Å². The zero-order valence-electron chi connectivity index (χ0n) is 7.77. The van der Waals surface area contributed by atoms with Crippen LogP contribution < -0.4 is 0 Å². The van der Waals surface area contributed by atoms with Crippen molar-refractivity contribution >= 4 is 11.6 Å². The van der Waals surface area contributed by atoms with Crippen LogP contribution in [0.4, 0.5) is 13.2 Å². The van der Waals surface area contributed by atoms with E-state index < -0.39 is 12.1 Å². The summed E-state index contributed by atoms with van der Waals surface area (Å²) in [6, 6.07) is 0. The first-order valence-electron chi connectivity index (χ1n) is 4.61. The highest BCUT2D eigenvalue weighted by Crippen LogP contribution is 2.38. The molecule has 1 unspecified atom stereocenters. The number of alkyl halides is 4. The molecule has 0 saturated heterocycles. The normalized spacial score (nSPS) is 21.5. The van der Waals surface area contributed by atoms with E-state index in [2.05, 4.69) is 5.16 Å². The van der Waals surface area contributed by atoms with E-state index in [0.717, 1.165) is 0 Å². The standard InChI is InChI=1S/C9H9ClF3NO/c10-4-7-6-3-5(9(11,12)13)1-2-8(6)15-14-7/h5H,1-4H2. The fraction of sp³-hybridized carbons (Fsp3) is 0.667. The minimum absolute atomic E-state index is 0.0512. The molecule has 0 radical (unpaired) electrons. The van der Waals surface area contributed by atoms with E-state index in [4.69, 9.17) is 16.1 Å². The van der Waals surface area contributed by atoms with E-state index in [1.807, 2.05) is 0 Å². The first-order chi connectivity index (χ1) is 7.02. The predicted octanol–water partition coefficient (Wildman–Crippen LogP) is 3.08. The van der Waals surface area contributed by atoms with Crippen molar-refractivity contribution in [3.63, 3.8) is 0 Å². The number of aromatic nitrogens is 1. The lowest BCUT2D eigenvalue weighted by molar-refractivity contribution is -0.177. The molecular weight excluding hydrogens is 231 g/mol. The molecule has 2 nitrogen and oxygen atoms in total. The van der Waals surface area contributed by atoms with Crippen LogP contribution in [0.5, 0.6) is 0 Å². The van der Waals surface area contributed by atoms with Crippen LogP contribution in [0.25, 0.3) is 0 Å². The summed E-state index contributed by atoms with van der Waals surface area (Å²) in [5, 5.41) is 3.66. The van der Waals surface area contributed by atoms with Gasteiger partial charge in [-0.3, -0.25) is 0 Å². The third kappa shape index (κ3) is 1.97. The Morgan fingerprint density at radius 2 is 2.20 bits per heavy atom. The van der Waals surface area contributed by atoms with Crippen LogP contribution in [0.15, 0.2) is 4.52 Å². The molecule has 1 aliphatic carbocycles. The highest BCUT2D eigenvalue weighted by molar-refractivity contribution is 6.17. The molecular formula is C9H9ClF3NO. The molecule has 84 valence electrons. The second-order valence-corrected chi connectivity index (χ2v) is 3.91. The summed E-state index contributed by atoms with van der Waals surface area (Å²) in [5.74, 6) is -0.624. The van der Waals surface area contributed by atoms with Crippen LogP contribution in [-0.2, 0) is 18.7 Å². The summed E-state index contributed by atoms with van der Waals surface area (Å²) >= 11 is 5.56. The summed E-state index contributed by atoms with van der Waals surface area (Å²) in [5.41, 5.74) is 0.999. The van der Waals surface area contributed by atoms with Crippen molar-refractivity contribution in [3.05, 3.63) is 17.0 Å². The van der Waals surface area contributed by atoms with Crippen molar-refractivity contribution in [2.45, 2.75) is 31.3 Å². The largest absolute Gasteiger partial charge is 0.392 e. The van der Waals surface area contributed by atoms with Gasteiger partial charge in [-0.05, 0) is 12.8 Å². The van der Waals surface area contributed by atoms with E-state index in [1.54, 1.807) is 0 Å². The molecule has 0 aromatic carbocycles. The van der Waals surface area contributed by atoms with Gasteiger partial charge in [0.15, 0.2) is 0 Å². The second-order valence-electron chi connectivity index (χ2n) is 3.65. The number of nitrogens with zero attached hydrogens (tertiary/aromatic N) is 1. The number of halogens is 4. The molecule has 0 amide bonds. The highest BCUT2D eigenvalue weighted by atomic mass is 35.5. The fourth-order valence-corrected chi connectivity index (χ4v) is 2.06. The summed E-state index contributed by atoms with van der Waals surface area (Å²) in [4.78, 5) is 0. The lowest BCUT2D eigenvalue weighted by Gasteiger charge is -2.23. The van der Waals surface area contributed by atoms with Crippen LogP contribution in [0.3, 0.4) is 0 Å². The number of hydrogen-bond donors (Lipinski definition) is 0. The maximum Gasteiger partial charge on any atom is 0.392 e. The molecule has 1 aromatic rings. The van der Waals surface area contributed by atoms with Crippen LogP contribution in [0.1, 0.15) is 23.4 Å². The Hall–Kier alpha value is -0.710. The van der Waals surface area contributed by atoms with Crippen LogP contribution in [0.2, 0.25) is 0 Å². The van der Waals surface area contributed by atoms with Gasteiger partial charge in [-0.15, -0.1) is 11.6 Å². The fourth-order valence-electron chi connectivity index (χ4n) is 1.85. The average Bonchev–Trinajstić information content (AvgIpc) is 2.57. The minimum atomic E-state index is -4.14. The Morgan fingerprint density at radius 3 is 2.80 bits per heavy atom. The molecule has 0 saturated carbocycles. The topological polar surface area (TPSA) is 26.0 Å². The van der Waals surface area contributed by atoms with E-state index in [1.165, 1.54) is 0 Å². The molecule has 1 aliphatic rings. The number of aryl methyl sites for hydroxylation is 1. The summed E-state index contributed by atoms with van der Waals surface area (Å²) in [7, 11) is 0. The van der Waals surface area contributed by atoms with Gasteiger partial charge < -0.3 is 4.52 Å². The first-order valence-corrected chi connectivity index (χ1v) is 5.14. The van der Waals surface area contributed by atoms with Crippen molar-refractivity contribution in [1.82, 2.24) is 5.16 Å². The molecule has 0 aliphatic heterocycles. The Labute approximate surface area is 89.4 Å². The van der Waals surface area contributed by atoms with E-state index in [0.29, 0.717) is 23.4 Å². The van der Waals surface area contributed by atoms with E-state index in [9.17, 15) is 13.2 Å². The van der Waals surface area contributed by atoms with Gasteiger partial charge in [-0.1, -0.05) is 5.16 Å². The van der Waals surface area contributed by atoms with Gasteiger partial charge >= 0.3 is 6.18 Å². The zero-order valence-corrected chi connectivity index (χ0v) is 8.53. The van der Waals surface area contributed by atoms with Crippen molar-refractivity contribution < 1.29 is 17.7 Å². The third-order valence-electron chi connectivity index (χ3n) is 2.71. The Morgan fingerprint density at radius 1 is 1.47 bits per heavy atom. The van der Waals surface area contributed by atoms with Gasteiger partial charge in [0.05, 0.1) is 11.8 Å². The number of rotatable bonds is 1. The molecule has 0 spiro atoms. The number of fused-ring (bicyclic) bond motifs is 1. The highest BCUT2D eigenvalue weighted by Gasteiger charge is 2.42. The molecule has 1 heterocycles. The summed E-state index contributed by atoms with van der Waals surface area (Å²) < 4.78 is 42.4. The molecule has 6 heteroatoms.